The smallest absolute Gasteiger partial charge is 0.241 e. The lowest BCUT2D eigenvalue weighted by Gasteiger charge is -2.27. The van der Waals surface area contributed by atoms with Crippen LogP contribution in [0.1, 0.15) is 17.5 Å². The lowest BCUT2D eigenvalue weighted by Crippen LogP contribution is -2.50. The topological polar surface area (TPSA) is 123 Å². The fourth-order valence-electron chi connectivity index (χ4n) is 4.32. The summed E-state index contributed by atoms with van der Waals surface area (Å²) in [6, 6.07) is 20.0. The molecule has 3 aromatic rings. The van der Waals surface area contributed by atoms with Crippen molar-refractivity contribution in [3.8, 4) is 11.5 Å². The largest absolute Gasteiger partial charge is 0.486 e. The van der Waals surface area contributed by atoms with Crippen molar-refractivity contribution in [1.82, 2.24) is 10.0 Å². The first-order valence-corrected chi connectivity index (χ1v) is 13.5. The number of anilines is 1. The minimum atomic E-state index is -4.03. The highest BCUT2D eigenvalue weighted by Crippen LogP contribution is 2.30. The number of aryl methyl sites for hydroxylation is 1. The third-order valence-electron chi connectivity index (χ3n) is 6.25. The van der Waals surface area contributed by atoms with Gasteiger partial charge in [0.1, 0.15) is 18.8 Å². The summed E-state index contributed by atoms with van der Waals surface area (Å²) in [6.07, 6.45) is 0.493. The average molecular weight is 522 g/mol. The van der Waals surface area contributed by atoms with E-state index >= 15 is 0 Å². The van der Waals surface area contributed by atoms with Crippen molar-refractivity contribution >= 4 is 27.5 Å². The van der Waals surface area contributed by atoms with E-state index < -0.39 is 28.1 Å². The van der Waals surface area contributed by atoms with E-state index in [0.717, 1.165) is 11.1 Å². The summed E-state index contributed by atoms with van der Waals surface area (Å²) in [5.41, 5.74) is 2.15. The van der Waals surface area contributed by atoms with Crippen LogP contribution >= 0.6 is 0 Å². The third-order valence-corrected chi connectivity index (χ3v) is 7.72. The minimum absolute atomic E-state index is 0.0360. The molecule has 37 heavy (non-hydrogen) atoms. The van der Waals surface area contributed by atoms with E-state index in [2.05, 4.69) is 15.4 Å². The van der Waals surface area contributed by atoms with Crippen LogP contribution in [0.3, 0.4) is 0 Å². The fourth-order valence-corrected chi connectivity index (χ4v) is 5.57. The van der Waals surface area contributed by atoms with Crippen molar-refractivity contribution < 1.29 is 27.5 Å². The van der Waals surface area contributed by atoms with Crippen molar-refractivity contribution in [2.45, 2.75) is 36.3 Å². The Bertz CT molecular complexity index is 1410. The van der Waals surface area contributed by atoms with Crippen LogP contribution in [-0.2, 0) is 32.5 Å². The maximum Gasteiger partial charge on any atom is 0.241 e. The van der Waals surface area contributed by atoms with Crippen molar-refractivity contribution in [3.05, 3.63) is 83.9 Å². The molecule has 2 aliphatic heterocycles. The molecule has 0 saturated heterocycles. The van der Waals surface area contributed by atoms with E-state index in [1.165, 1.54) is 6.07 Å². The van der Waals surface area contributed by atoms with Gasteiger partial charge in [0.05, 0.1) is 11.4 Å². The zero-order valence-corrected chi connectivity index (χ0v) is 20.8. The molecule has 3 N–H and O–H groups in total. The van der Waals surface area contributed by atoms with E-state index in [1.54, 1.807) is 18.2 Å². The van der Waals surface area contributed by atoms with Gasteiger partial charge in [0, 0.05) is 12.1 Å². The van der Waals surface area contributed by atoms with Crippen molar-refractivity contribution in [1.29, 1.82) is 0 Å². The number of rotatable bonds is 8. The van der Waals surface area contributed by atoms with Crippen LogP contribution in [0.25, 0.3) is 0 Å². The molecule has 2 aliphatic rings. The molecule has 3 aromatic carbocycles. The number of sulfonamides is 1. The van der Waals surface area contributed by atoms with E-state index in [0.29, 0.717) is 30.0 Å². The Morgan fingerprint density at radius 2 is 1.76 bits per heavy atom. The van der Waals surface area contributed by atoms with Gasteiger partial charge in [0.15, 0.2) is 11.5 Å². The number of nitrogens with one attached hydrogen (secondary N) is 3. The zero-order valence-electron chi connectivity index (χ0n) is 20.0. The minimum Gasteiger partial charge on any atom is -0.486 e. The van der Waals surface area contributed by atoms with Crippen LogP contribution in [-0.4, -0.2) is 45.5 Å². The summed E-state index contributed by atoms with van der Waals surface area (Å²) in [5.74, 6) is 0.666. The summed E-state index contributed by atoms with van der Waals surface area (Å²) >= 11 is 0. The summed E-state index contributed by atoms with van der Waals surface area (Å²) in [6.45, 7) is 0.413. The highest BCUT2D eigenvalue weighted by atomic mass is 32.2. The fraction of sp³-hybridized carbons (Fsp3) is 0.259. The molecule has 5 rings (SSSR count). The number of carbonyl (C=O) groups is 2. The van der Waals surface area contributed by atoms with Crippen LogP contribution in [0.2, 0.25) is 0 Å². The molecule has 2 atom stereocenters. The molecule has 0 radical (unpaired) electrons. The molecule has 192 valence electrons. The first-order valence-electron chi connectivity index (χ1n) is 12.0. The molecule has 9 nitrogen and oxygen atoms in total. The molecular formula is C27H27N3O6S. The Hall–Kier alpha value is -3.89. The summed E-state index contributed by atoms with van der Waals surface area (Å²) in [5, 5.41) is 5.56. The molecule has 2 amide bonds. The van der Waals surface area contributed by atoms with Crippen LogP contribution in [0.15, 0.2) is 77.7 Å². The van der Waals surface area contributed by atoms with Crippen molar-refractivity contribution in [3.63, 3.8) is 0 Å². The maximum atomic E-state index is 13.3. The molecule has 0 aromatic heterocycles. The predicted octanol–water partition coefficient (Wildman–Crippen LogP) is 2.42. The molecule has 0 saturated carbocycles. The molecular weight excluding hydrogens is 494 g/mol. The van der Waals surface area contributed by atoms with Crippen LogP contribution < -0.4 is 24.8 Å². The molecule has 0 bridgehead atoms. The SMILES string of the molecule is O=C1CCc2cc(S(=O)(=O)N[C@H](Cc3ccccc3)C(=O)NC[C@@H]3COc4ccccc4O3)ccc2N1. The number of amides is 2. The first kappa shape index (κ1) is 24.8. The Morgan fingerprint density at radius 3 is 2.57 bits per heavy atom. The molecule has 10 heteroatoms. The van der Waals surface area contributed by atoms with Gasteiger partial charge in [-0.05, 0) is 54.3 Å². The maximum absolute atomic E-state index is 13.3. The lowest BCUT2D eigenvalue weighted by molar-refractivity contribution is -0.123. The molecule has 0 unspecified atom stereocenters. The van der Waals surface area contributed by atoms with Gasteiger partial charge in [-0.15, -0.1) is 0 Å². The van der Waals surface area contributed by atoms with Gasteiger partial charge in [-0.2, -0.15) is 4.72 Å². The summed E-state index contributed by atoms with van der Waals surface area (Å²) in [7, 11) is -4.03. The van der Waals surface area contributed by atoms with Gasteiger partial charge in [-0.3, -0.25) is 9.59 Å². The Morgan fingerprint density at radius 1 is 1.00 bits per heavy atom. The highest BCUT2D eigenvalue weighted by Gasteiger charge is 2.29. The standard InChI is InChI=1S/C27H27N3O6S/c31-26-13-10-19-15-21(11-12-22(19)29-26)37(33,34)30-23(14-18-6-2-1-3-7-18)27(32)28-16-20-17-35-24-8-4-5-9-25(24)36-20/h1-9,11-12,15,20,23,30H,10,13-14,16-17H2,(H,28,32)(H,29,31)/t20-,23-/m1/s1. The average Bonchev–Trinajstić information content (AvgIpc) is 2.91. The zero-order chi connectivity index (χ0) is 25.8. The second-order valence-corrected chi connectivity index (χ2v) is 10.7. The number of fused-ring (bicyclic) bond motifs is 2. The van der Waals surface area contributed by atoms with Crippen LogP contribution in [0.5, 0.6) is 11.5 Å². The molecule has 2 heterocycles. The van der Waals surface area contributed by atoms with E-state index in [4.69, 9.17) is 9.47 Å². The first-order chi connectivity index (χ1) is 17.9. The predicted molar refractivity (Wildman–Crippen MR) is 137 cm³/mol. The monoisotopic (exact) mass is 521 g/mol. The Balaban J connectivity index is 1.30. The second kappa shape index (κ2) is 10.6. The molecule has 0 fully saturated rings. The van der Waals surface area contributed by atoms with E-state index in [1.807, 2.05) is 48.5 Å². The lowest BCUT2D eigenvalue weighted by atomic mass is 10.0. The normalized spacial score (nSPS) is 17.3. The van der Waals surface area contributed by atoms with Gasteiger partial charge < -0.3 is 20.1 Å². The third kappa shape index (κ3) is 5.92. The number of benzene rings is 3. The summed E-state index contributed by atoms with van der Waals surface area (Å²) in [4.78, 5) is 24.9. The number of hydrogen-bond donors (Lipinski definition) is 3. The number of carbonyl (C=O) groups excluding carboxylic acids is 2. The number of hydrogen-bond acceptors (Lipinski definition) is 6. The molecule has 0 spiro atoms. The van der Waals surface area contributed by atoms with Gasteiger partial charge >= 0.3 is 0 Å². The van der Waals surface area contributed by atoms with E-state index in [-0.39, 0.29) is 30.4 Å². The quantitative estimate of drug-likeness (QED) is 0.419. The Kier molecular flexibility index (Phi) is 7.11. The van der Waals surface area contributed by atoms with Crippen molar-refractivity contribution in [2.24, 2.45) is 0 Å². The van der Waals surface area contributed by atoms with Gasteiger partial charge in [0.25, 0.3) is 0 Å². The van der Waals surface area contributed by atoms with Crippen molar-refractivity contribution in [2.75, 3.05) is 18.5 Å². The number of ether oxygens (including phenoxy) is 2. The van der Waals surface area contributed by atoms with Crippen LogP contribution in [0.4, 0.5) is 5.69 Å². The second-order valence-electron chi connectivity index (χ2n) is 8.97. The van der Waals surface area contributed by atoms with Crippen LogP contribution in [0, 0.1) is 0 Å². The summed E-state index contributed by atoms with van der Waals surface area (Å²) < 4.78 is 40.8. The molecule has 0 aliphatic carbocycles. The van der Waals surface area contributed by atoms with E-state index in [9.17, 15) is 18.0 Å². The highest BCUT2D eigenvalue weighted by molar-refractivity contribution is 7.89. The number of para-hydroxylation sites is 2. The van der Waals surface area contributed by atoms with Gasteiger partial charge in [-0.25, -0.2) is 8.42 Å². The Labute approximate surface area is 215 Å². The van der Waals surface area contributed by atoms with Gasteiger partial charge in [-0.1, -0.05) is 42.5 Å². The van der Waals surface area contributed by atoms with Gasteiger partial charge in [0.2, 0.25) is 21.8 Å².